The molecule has 1 saturated carbocycles. The molecular formula is C24H28N2O8. The highest BCUT2D eigenvalue weighted by Crippen LogP contribution is 2.52. The first kappa shape index (κ1) is 22.6. The van der Waals surface area contributed by atoms with Gasteiger partial charge in [-0.15, -0.1) is 0 Å². The van der Waals surface area contributed by atoms with Crippen molar-refractivity contribution in [1.29, 1.82) is 0 Å². The maximum atomic E-state index is 13.7. The molecule has 3 aliphatic heterocycles. The van der Waals surface area contributed by atoms with Crippen LogP contribution in [0.1, 0.15) is 57.4 Å². The number of carbonyl (C=O) groups excluding carboxylic acids is 3. The lowest BCUT2D eigenvalue weighted by molar-refractivity contribution is -0.384. The van der Waals surface area contributed by atoms with Crippen molar-refractivity contribution in [2.24, 2.45) is 11.3 Å². The van der Waals surface area contributed by atoms with Crippen molar-refractivity contribution in [1.82, 2.24) is 0 Å². The molecule has 0 bridgehead atoms. The highest BCUT2D eigenvalue weighted by molar-refractivity contribution is 6.04. The molecule has 2 atom stereocenters. The number of nitro benzene ring substituents is 1. The number of carbonyl (C=O) groups is 3. The van der Waals surface area contributed by atoms with Crippen molar-refractivity contribution in [3.8, 4) is 0 Å². The fourth-order valence-electron chi connectivity index (χ4n) is 6.06. The zero-order valence-corrected chi connectivity index (χ0v) is 19.1. The Morgan fingerprint density at radius 1 is 1.21 bits per heavy atom. The lowest BCUT2D eigenvalue weighted by atomic mass is 9.66. The minimum atomic E-state index is -1.70. The number of nitrogens with zero attached hydrogens (tertiary/aromatic N) is 2. The van der Waals surface area contributed by atoms with Crippen LogP contribution >= 0.6 is 0 Å². The van der Waals surface area contributed by atoms with E-state index < -0.39 is 40.0 Å². The number of nitro groups is 1. The molecule has 0 amide bonds. The number of non-ortho nitro benzene ring substituents is 1. The molecule has 10 heteroatoms. The highest BCUT2D eigenvalue weighted by Gasteiger charge is 2.66. The van der Waals surface area contributed by atoms with E-state index >= 15 is 0 Å². The Kier molecular flexibility index (Phi) is 5.49. The first-order valence-electron chi connectivity index (χ1n) is 12.0. The molecule has 2 saturated heterocycles. The third-order valence-electron chi connectivity index (χ3n) is 7.75. The number of hydrogen-bond donors (Lipinski definition) is 0. The van der Waals surface area contributed by atoms with Crippen molar-refractivity contribution >= 4 is 29.3 Å². The van der Waals surface area contributed by atoms with Gasteiger partial charge in [-0.2, -0.15) is 0 Å². The molecule has 0 unspecified atom stereocenters. The van der Waals surface area contributed by atoms with Gasteiger partial charge in [-0.3, -0.25) is 24.5 Å². The summed E-state index contributed by atoms with van der Waals surface area (Å²) >= 11 is 0. The van der Waals surface area contributed by atoms with Crippen LogP contribution in [0.25, 0.3) is 0 Å². The van der Waals surface area contributed by atoms with Gasteiger partial charge in [-0.05, 0) is 44.2 Å². The quantitative estimate of drug-likeness (QED) is 0.282. The number of benzene rings is 1. The molecule has 1 aromatic carbocycles. The van der Waals surface area contributed by atoms with Crippen molar-refractivity contribution < 1.29 is 33.5 Å². The second-order valence-electron chi connectivity index (χ2n) is 9.65. The summed E-state index contributed by atoms with van der Waals surface area (Å²) in [5.41, 5.74) is -0.568. The molecule has 3 fully saturated rings. The molecule has 1 aliphatic carbocycles. The maximum absolute atomic E-state index is 13.7. The number of esters is 3. The van der Waals surface area contributed by atoms with Gasteiger partial charge in [0.2, 0.25) is 0 Å². The largest absolute Gasteiger partial charge is 0.466 e. The predicted octanol–water partition coefficient (Wildman–Crippen LogP) is 3.05. The minimum absolute atomic E-state index is 0.0749. The fourth-order valence-corrected chi connectivity index (χ4v) is 6.06. The highest BCUT2D eigenvalue weighted by atomic mass is 16.7. The second-order valence-corrected chi connectivity index (χ2v) is 9.65. The Labute approximate surface area is 196 Å². The molecular weight excluding hydrogens is 444 g/mol. The zero-order chi connectivity index (χ0) is 24.1. The van der Waals surface area contributed by atoms with Crippen molar-refractivity contribution in [2.75, 3.05) is 18.1 Å². The summed E-state index contributed by atoms with van der Waals surface area (Å²) in [5, 5.41) is 11.4. The van der Waals surface area contributed by atoms with Crippen LogP contribution in [-0.4, -0.2) is 47.8 Å². The van der Waals surface area contributed by atoms with Gasteiger partial charge in [0.15, 0.2) is 5.41 Å². The van der Waals surface area contributed by atoms with E-state index in [-0.39, 0.29) is 31.1 Å². The zero-order valence-electron chi connectivity index (χ0n) is 19.1. The summed E-state index contributed by atoms with van der Waals surface area (Å²) in [6, 6.07) is 3.81. The van der Waals surface area contributed by atoms with Gasteiger partial charge in [-0.25, -0.2) is 0 Å². The predicted molar refractivity (Wildman–Crippen MR) is 118 cm³/mol. The summed E-state index contributed by atoms with van der Waals surface area (Å²) in [5.74, 6) is -3.39. The lowest BCUT2D eigenvalue weighted by Crippen LogP contribution is -2.68. The molecule has 5 rings (SSSR count). The summed E-state index contributed by atoms with van der Waals surface area (Å²) < 4.78 is 17.0. The van der Waals surface area contributed by atoms with Crippen LogP contribution in [0.5, 0.6) is 0 Å². The van der Waals surface area contributed by atoms with Crippen molar-refractivity contribution in [3.63, 3.8) is 0 Å². The summed E-state index contributed by atoms with van der Waals surface area (Å²) in [7, 11) is 0. The van der Waals surface area contributed by atoms with Crippen molar-refractivity contribution in [3.05, 3.63) is 33.9 Å². The monoisotopic (exact) mass is 472 g/mol. The lowest BCUT2D eigenvalue weighted by Gasteiger charge is -2.55. The normalized spacial score (nSPS) is 26.8. The van der Waals surface area contributed by atoms with Crippen molar-refractivity contribution in [2.45, 2.75) is 70.1 Å². The smallest absolute Gasteiger partial charge is 0.329 e. The molecule has 3 heterocycles. The first-order chi connectivity index (χ1) is 16.3. The van der Waals surface area contributed by atoms with E-state index in [1.54, 1.807) is 13.0 Å². The number of anilines is 1. The van der Waals surface area contributed by atoms with Gasteiger partial charge in [-0.1, -0.05) is 6.42 Å². The van der Waals surface area contributed by atoms with E-state index in [0.29, 0.717) is 31.4 Å². The van der Waals surface area contributed by atoms with E-state index in [1.807, 2.05) is 4.90 Å². The van der Waals surface area contributed by atoms with Crippen LogP contribution in [0.15, 0.2) is 18.2 Å². The first-order valence-corrected chi connectivity index (χ1v) is 12.0. The third kappa shape index (κ3) is 3.42. The van der Waals surface area contributed by atoms with Gasteiger partial charge < -0.3 is 19.1 Å². The number of fused-ring (bicyclic) bond motifs is 4. The number of hydrogen-bond acceptors (Lipinski definition) is 9. The SMILES string of the molecule is CCOC(=O)[C@H]1CCN2c3ccc([N+](=O)[O-])cc3CC3(C(=O)OC4(CCCCC4)OC3=O)[C@H]2C1. The Morgan fingerprint density at radius 2 is 1.91 bits per heavy atom. The van der Waals surface area contributed by atoms with E-state index in [9.17, 15) is 24.5 Å². The van der Waals surface area contributed by atoms with Gasteiger partial charge >= 0.3 is 17.9 Å². The van der Waals surface area contributed by atoms with Crippen LogP contribution in [0.4, 0.5) is 11.4 Å². The molecule has 0 radical (unpaired) electrons. The van der Waals surface area contributed by atoms with E-state index in [2.05, 4.69) is 0 Å². The van der Waals surface area contributed by atoms with E-state index in [0.717, 1.165) is 24.9 Å². The van der Waals surface area contributed by atoms with Crippen LogP contribution < -0.4 is 4.90 Å². The molecule has 4 aliphatic rings. The second kappa shape index (κ2) is 8.25. The number of piperidine rings is 1. The van der Waals surface area contributed by atoms with Gasteiger partial charge in [0, 0.05) is 43.6 Å². The average Bonchev–Trinajstić information content (AvgIpc) is 2.82. The molecule has 10 nitrogen and oxygen atoms in total. The molecule has 2 spiro atoms. The Morgan fingerprint density at radius 3 is 2.56 bits per heavy atom. The third-order valence-corrected chi connectivity index (χ3v) is 7.75. The summed E-state index contributed by atoms with van der Waals surface area (Å²) in [6.07, 6.45) is 4.13. The molecule has 0 aromatic heterocycles. The molecule has 1 aromatic rings. The number of rotatable bonds is 3. The molecule has 34 heavy (non-hydrogen) atoms. The van der Waals surface area contributed by atoms with Crippen LogP contribution in [-0.2, 0) is 35.0 Å². The van der Waals surface area contributed by atoms with Gasteiger partial charge in [0.05, 0.1) is 23.5 Å². The standard InChI is InChI=1S/C24H28N2O8/c1-2-32-20(27)15-8-11-25-18-7-6-17(26(30)31)12-16(18)14-24(19(25)13-15)21(28)33-23(34-22(24)29)9-4-3-5-10-23/h6-7,12,15,19H,2-5,8-11,13-14H2,1H3/t15-,19+/m0/s1. The van der Waals surface area contributed by atoms with E-state index in [1.165, 1.54) is 12.1 Å². The summed E-state index contributed by atoms with van der Waals surface area (Å²) in [4.78, 5) is 52.9. The van der Waals surface area contributed by atoms with Crippen LogP contribution in [0, 0.1) is 21.4 Å². The van der Waals surface area contributed by atoms with E-state index in [4.69, 9.17) is 14.2 Å². The topological polar surface area (TPSA) is 125 Å². The summed E-state index contributed by atoms with van der Waals surface area (Å²) in [6.45, 7) is 2.37. The maximum Gasteiger partial charge on any atom is 0.329 e. The minimum Gasteiger partial charge on any atom is -0.466 e. The number of ether oxygens (including phenoxy) is 3. The van der Waals surface area contributed by atoms with Gasteiger partial charge in [0.1, 0.15) is 0 Å². The van der Waals surface area contributed by atoms with Crippen LogP contribution in [0.2, 0.25) is 0 Å². The Hall–Kier alpha value is -3.17. The molecule has 182 valence electrons. The average molecular weight is 472 g/mol. The fraction of sp³-hybridized carbons (Fsp3) is 0.625. The Balaban J connectivity index is 1.57. The Bertz CT molecular complexity index is 1030. The molecule has 0 N–H and O–H groups in total. The van der Waals surface area contributed by atoms with Crippen LogP contribution in [0.3, 0.4) is 0 Å². The van der Waals surface area contributed by atoms with Gasteiger partial charge in [0.25, 0.3) is 11.5 Å².